The second kappa shape index (κ2) is 4.52. The average Bonchev–Trinajstić information content (AvgIpc) is 2.21. The molecule has 0 spiro atoms. The lowest BCUT2D eigenvalue weighted by atomic mass is 9.76. The maximum Gasteiger partial charge on any atom is 0.0239 e. The third-order valence-electron chi connectivity index (χ3n) is 3.33. The highest BCUT2D eigenvalue weighted by molar-refractivity contribution is 9.10. The van der Waals surface area contributed by atoms with Gasteiger partial charge < -0.3 is 0 Å². The van der Waals surface area contributed by atoms with Crippen LogP contribution in [0, 0.1) is 12.3 Å². The van der Waals surface area contributed by atoms with Gasteiger partial charge in [-0.15, -0.1) is 6.58 Å². The molecule has 0 fully saturated rings. The van der Waals surface area contributed by atoms with Gasteiger partial charge in [-0.1, -0.05) is 61.0 Å². The molecule has 0 saturated carbocycles. The molecule has 1 unspecified atom stereocenters. The number of rotatable bonds is 3. The smallest absolute Gasteiger partial charge is 0.0239 e. The van der Waals surface area contributed by atoms with E-state index in [0.29, 0.717) is 5.92 Å². The van der Waals surface area contributed by atoms with Gasteiger partial charge in [-0.05, 0) is 29.4 Å². The van der Waals surface area contributed by atoms with Crippen LogP contribution in [0.1, 0.15) is 37.8 Å². The van der Waals surface area contributed by atoms with Gasteiger partial charge in [0.2, 0.25) is 0 Å². The lowest BCUT2D eigenvalue weighted by Crippen LogP contribution is -2.17. The van der Waals surface area contributed by atoms with Crippen LogP contribution in [0.15, 0.2) is 35.3 Å². The zero-order valence-corrected chi connectivity index (χ0v) is 11.6. The Hall–Kier alpha value is -0.560. The van der Waals surface area contributed by atoms with Gasteiger partial charge in [-0.2, -0.15) is 0 Å². The molecular formula is C14H19Br. The fourth-order valence-electron chi connectivity index (χ4n) is 1.58. The van der Waals surface area contributed by atoms with Gasteiger partial charge in [-0.25, -0.2) is 0 Å². The van der Waals surface area contributed by atoms with Gasteiger partial charge in [-0.3, -0.25) is 0 Å². The highest BCUT2D eigenvalue weighted by Crippen LogP contribution is 2.39. The van der Waals surface area contributed by atoms with Crippen LogP contribution in [0.4, 0.5) is 0 Å². The molecule has 0 heterocycles. The van der Waals surface area contributed by atoms with Crippen LogP contribution in [0.25, 0.3) is 0 Å². The summed E-state index contributed by atoms with van der Waals surface area (Å²) in [6.07, 6.45) is 2.03. The first kappa shape index (κ1) is 12.5. The Kier molecular flexibility index (Phi) is 3.77. The summed E-state index contributed by atoms with van der Waals surface area (Å²) in [5.74, 6) is 0.462. The Balaban J connectivity index is 3.17. The highest BCUT2D eigenvalue weighted by atomic mass is 79.9. The molecular weight excluding hydrogens is 248 g/mol. The molecule has 0 radical (unpaired) electrons. The quantitative estimate of drug-likeness (QED) is 0.670. The van der Waals surface area contributed by atoms with Crippen LogP contribution in [-0.4, -0.2) is 0 Å². The molecule has 15 heavy (non-hydrogen) atoms. The Labute approximate surface area is 102 Å². The molecule has 0 N–H and O–H groups in total. The SMILES string of the molecule is C=CC(C)(C)C(C)c1cccc(C)c1Br. The summed E-state index contributed by atoms with van der Waals surface area (Å²) < 4.78 is 1.23. The lowest BCUT2D eigenvalue weighted by Gasteiger charge is -2.29. The van der Waals surface area contributed by atoms with E-state index in [0.717, 1.165) is 0 Å². The van der Waals surface area contributed by atoms with Crippen molar-refractivity contribution in [2.75, 3.05) is 0 Å². The van der Waals surface area contributed by atoms with Crippen LogP contribution in [0.3, 0.4) is 0 Å². The molecule has 0 aliphatic rings. The van der Waals surface area contributed by atoms with E-state index in [1.807, 2.05) is 6.08 Å². The van der Waals surface area contributed by atoms with Crippen LogP contribution in [-0.2, 0) is 0 Å². The minimum atomic E-state index is 0.121. The molecule has 0 nitrogen and oxygen atoms in total. The van der Waals surface area contributed by atoms with Crippen LogP contribution in [0.2, 0.25) is 0 Å². The number of hydrogen-bond acceptors (Lipinski definition) is 0. The van der Waals surface area contributed by atoms with Gasteiger partial charge >= 0.3 is 0 Å². The first-order valence-corrected chi connectivity index (χ1v) is 6.08. The predicted octanol–water partition coefficient (Wildman–Crippen LogP) is 5.07. The van der Waals surface area contributed by atoms with E-state index in [2.05, 4.69) is 68.4 Å². The standard InChI is InChI=1S/C14H19Br/c1-6-14(4,5)11(3)12-9-7-8-10(2)13(12)15/h6-9,11H,1H2,2-5H3. The fraction of sp³-hybridized carbons (Fsp3) is 0.429. The largest absolute Gasteiger partial charge is 0.103 e. The van der Waals surface area contributed by atoms with Crippen molar-refractivity contribution in [3.05, 3.63) is 46.5 Å². The molecule has 0 bridgehead atoms. The second-order valence-electron chi connectivity index (χ2n) is 4.73. The van der Waals surface area contributed by atoms with Gasteiger partial charge in [0.05, 0.1) is 0 Å². The van der Waals surface area contributed by atoms with E-state index < -0.39 is 0 Å². The van der Waals surface area contributed by atoms with Crippen molar-refractivity contribution in [2.24, 2.45) is 5.41 Å². The number of halogens is 1. The summed E-state index contributed by atoms with van der Waals surface area (Å²) >= 11 is 3.67. The van der Waals surface area contributed by atoms with Crippen molar-refractivity contribution in [3.8, 4) is 0 Å². The second-order valence-corrected chi connectivity index (χ2v) is 5.52. The van der Waals surface area contributed by atoms with Gasteiger partial charge in [0.25, 0.3) is 0 Å². The minimum absolute atomic E-state index is 0.121. The number of benzene rings is 1. The summed E-state index contributed by atoms with van der Waals surface area (Å²) in [7, 11) is 0. The van der Waals surface area contributed by atoms with Crippen molar-refractivity contribution in [1.29, 1.82) is 0 Å². The van der Waals surface area contributed by atoms with Crippen LogP contribution in [0.5, 0.6) is 0 Å². The molecule has 0 aliphatic carbocycles. The molecule has 0 amide bonds. The molecule has 1 aromatic carbocycles. The van der Waals surface area contributed by atoms with E-state index in [-0.39, 0.29) is 5.41 Å². The summed E-state index contributed by atoms with van der Waals surface area (Å²) in [6, 6.07) is 6.43. The molecule has 1 heteroatoms. The molecule has 0 saturated heterocycles. The number of allylic oxidation sites excluding steroid dienone is 1. The zero-order valence-electron chi connectivity index (χ0n) is 9.97. The highest BCUT2D eigenvalue weighted by Gasteiger charge is 2.25. The molecule has 82 valence electrons. The molecule has 1 atom stereocenters. The maximum absolute atomic E-state index is 3.92. The third kappa shape index (κ3) is 2.52. The van der Waals surface area contributed by atoms with Crippen molar-refractivity contribution in [1.82, 2.24) is 0 Å². The van der Waals surface area contributed by atoms with E-state index in [4.69, 9.17) is 0 Å². The van der Waals surface area contributed by atoms with E-state index in [9.17, 15) is 0 Å². The summed E-state index contributed by atoms with van der Waals surface area (Å²) in [6.45, 7) is 12.7. The van der Waals surface area contributed by atoms with Gasteiger partial charge in [0.15, 0.2) is 0 Å². The first-order chi connectivity index (χ1) is 6.90. The lowest BCUT2D eigenvalue weighted by molar-refractivity contribution is 0.395. The van der Waals surface area contributed by atoms with Gasteiger partial charge in [0.1, 0.15) is 0 Å². The zero-order chi connectivity index (χ0) is 11.6. The average molecular weight is 267 g/mol. The Morgan fingerprint density at radius 2 is 2.00 bits per heavy atom. The third-order valence-corrected chi connectivity index (χ3v) is 4.41. The Morgan fingerprint density at radius 1 is 1.40 bits per heavy atom. The van der Waals surface area contributed by atoms with Crippen molar-refractivity contribution in [2.45, 2.75) is 33.6 Å². The van der Waals surface area contributed by atoms with Crippen molar-refractivity contribution < 1.29 is 0 Å². The topological polar surface area (TPSA) is 0 Å². The summed E-state index contributed by atoms with van der Waals surface area (Å²) in [5.41, 5.74) is 2.77. The first-order valence-electron chi connectivity index (χ1n) is 5.28. The fourth-order valence-corrected chi connectivity index (χ4v) is 2.19. The Bertz CT molecular complexity index is 364. The monoisotopic (exact) mass is 266 g/mol. The van der Waals surface area contributed by atoms with E-state index in [1.54, 1.807) is 0 Å². The van der Waals surface area contributed by atoms with Crippen molar-refractivity contribution in [3.63, 3.8) is 0 Å². The van der Waals surface area contributed by atoms with Gasteiger partial charge in [0, 0.05) is 4.47 Å². The minimum Gasteiger partial charge on any atom is -0.103 e. The molecule has 0 aliphatic heterocycles. The van der Waals surface area contributed by atoms with E-state index in [1.165, 1.54) is 15.6 Å². The molecule has 1 aromatic rings. The Morgan fingerprint density at radius 3 is 2.53 bits per heavy atom. The van der Waals surface area contributed by atoms with Crippen molar-refractivity contribution >= 4 is 15.9 Å². The number of aryl methyl sites for hydroxylation is 1. The normalized spacial score (nSPS) is 13.7. The van der Waals surface area contributed by atoms with Crippen LogP contribution >= 0.6 is 15.9 Å². The number of hydrogen-bond donors (Lipinski definition) is 0. The summed E-state index contributed by atoms with van der Waals surface area (Å²) in [4.78, 5) is 0. The van der Waals surface area contributed by atoms with Crippen LogP contribution < -0.4 is 0 Å². The molecule has 1 rings (SSSR count). The van der Waals surface area contributed by atoms with E-state index >= 15 is 0 Å². The summed E-state index contributed by atoms with van der Waals surface area (Å²) in [5, 5.41) is 0. The predicted molar refractivity (Wildman–Crippen MR) is 71.3 cm³/mol. The molecule has 0 aromatic heterocycles. The maximum atomic E-state index is 3.92.